The van der Waals surface area contributed by atoms with Crippen molar-refractivity contribution < 1.29 is 13.6 Å². The molecule has 100 valence electrons. The molecule has 0 aromatic heterocycles. The Bertz CT molecular complexity index is 370. The van der Waals surface area contributed by atoms with Gasteiger partial charge in [-0.25, -0.2) is 0 Å². The maximum atomic E-state index is 10.7. The van der Waals surface area contributed by atoms with Gasteiger partial charge in [-0.3, -0.25) is 4.79 Å². The molecule has 18 heavy (non-hydrogen) atoms. The second-order valence-corrected chi connectivity index (χ2v) is 6.53. The first kappa shape index (κ1) is 15.3. The first-order chi connectivity index (χ1) is 8.56. The van der Waals surface area contributed by atoms with Crippen LogP contribution in [0.2, 0.25) is 13.1 Å². The minimum absolute atomic E-state index is 0.159. The van der Waals surface area contributed by atoms with Gasteiger partial charge >= 0.3 is 0 Å². The number of benzene rings is 1. The zero-order valence-corrected chi connectivity index (χ0v) is 14.4. The molecule has 0 radical (unpaired) electrons. The molecule has 0 spiro atoms. The highest BCUT2D eigenvalue weighted by Crippen LogP contribution is 2.29. The van der Waals surface area contributed by atoms with Gasteiger partial charge in [0.15, 0.2) is 19.5 Å². The lowest BCUT2D eigenvalue weighted by Gasteiger charge is -2.35. The summed E-state index contributed by atoms with van der Waals surface area (Å²) in [5.41, 5.74) is 1.65. The molecular weight excluding hydrogens is 260 g/mol. The van der Waals surface area contributed by atoms with Crippen LogP contribution in [-0.4, -0.2) is 32.1 Å². The van der Waals surface area contributed by atoms with Crippen LogP contribution in [0.3, 0.4) is 0 Å². The van der Waals surface area contributed by atoms with Gasteiger partial charge < -0.3 is 8.85 Å². The van der Waals surface area contributed by atoms with E-state index in [2.05, 4.69) is 26.9 Å². The van der Waals surface area contributed by atoms with E-state index in [0.29, 0.717) is 5.56 Å². The Morgan fingerprint density at radius 3 is 2.00 bits per heavy atom. The lowest BCUT2D eigenvalue weighted by Crippen LogP contribution is -2.39. The third-order valence-corrected chi connectivity index (χ3v) is 4.29. The van der Waals surface area contributed by atoms with Gasteiger partial charge in [-0.1, -0.05) is 51.2 Å². The van der Waals surface area contributed by atoms with E-state index >= 15 is 0 Å². The normalized spacial score (nSPS) is 14.7. The molecule has 0 saturated carbocycles. The topological polar surface area (TPSA) is 35.5 Å². The zero-order chi connectivity index (χ0) is 13.6. The summed E-state index contributed by atoms with van der Waals surface area (Å²) >= 11 is 0. The van der Waals surface area contributed by atoms with E-state index < -0.39 is 19.5 Å². The van der Waals surface area contributed by atoms with E-state index in [1.165, 1.54) is 0 Å². The van der Waals surface area contributed by atoms with E-state index in [1.807, 2.05) is 24.3 Å². The fourth-order valence-corrected chi connectivity index (χ4v) is 3.72. The fraction of sp³-hybridized carbons (Fsp3) is 0.462. The molecule has 0 bridgehead atoms. The molecule has 0 heterocycles. The van der Waals surface area contributed by atoms with Crippen molar-refractivity contribution in [3.8, 4) is 0 Å². The van der Waals surface area contributed by atoms with E-state index in [-0.39, 0.29) is 11.7 Å². The van der Waals surface area contributed by atoms with Crippen molar-refractivity contribution >= 4 is 25.8 Å². The number of aldehydes is 1. The summed E-state index contributed by atoms with van der Waals surface area (Å²) in [6.07, 6.45) is 0.701. The largest absolute Gasteiger partial charge is 0.400 e. The third kappa shape index (κ3) is 3.62. The molecule has 0 aliphatic rings. The number of carbonyl (C=O) groups excluding carboxylic acids is 1. The summed E-state index contributed by atoms with van der Waals surface area (Å²) in [5.74, 6) is 0. The van der Waals surface area contributed by atoms with E-state index in [0.717, 1.165) is 11.8 Å². The summed E-state index contributed by atoms with van der Waals surface area (Å²) in [4.78, 5) is 10.7. The van der Waals surface area contributed by atoms with Crippen molar-refractivity contribution in [2.24, 2.45) is 0 Å². The minimum atomic E-state index is -0.510. The van der Waals surface area contributed by atoms with Crippen molar-refractivity contribution in [3.63, 3.8) is 0 Å². The Hall–Kier alpha value is -0.756. The molecule has 0 atom stereocenters. The van der Waals surface area contributed by atoms with Crippen molar-refractivity contribution in [1.29, 1.82) is 0 Å². The van der Waals surface area contributed by atoms with Gasteiger partial charge in [-0.05, 0) is 5.56 Å². The van der Waals surface area contributed by atoms with Gasteiger partial charge in [-0.15, -0.1) is 0 Å². The molecule has 0 fully saturated rings. The predicted molar refractivity (Wildman–Crippen MR) is 79.6 cm³/mol. The van der Waals surface area contributed by atoms with Crippen LogP contribution >= 0.6 is 0 Å². The first-order valence-corrected chi connectivity index (χ1v) is 10.3. The highest BCUT2D eigenvalue weighted by atomic mass is 28.2. The smallest absolute Gasteiger partial charge is 0.161 e. The number of hydrogen-bond acceptors (Lipinski definition) is 3. The maximum absolute atomic E-state index is 10.7. The van der Waals surface area contributed by atoms with Gasteiger partial charge in [0.05, 0.1) is 0 Å². The molecule has 5 heteroatoms. The molecule has 0 aliphatic heterocycles. The van der Waals surface area contributed by atoms with Crippen LogP contribution < -0.4 is 0 Å². The van der Waals surface area contributed by atoms with Crippen molar-refractivity contribution in [1.82, 2.24) is 0 Å². The minimum Gasteiger partial charge on any atom is -0.400 e. The second kappa shape index (κ2) is 6.99. The Kier molecular flexibility index (Phi) is 5.94. The standard InChI is InChI=1S/C13H22O3Si2/c1-13(2,12(15-17-3)16-18-4)11-7-5-10(9-14)6-8-11/h5-9,12H,17-18H2,1-4H3. The van der Waals surface area contributed by atoms with Crippen molar-refractivity contribution in [2.75, 3.05) is 0 Å². The summed E-state index contributed by atoms with van der Waals surface area (Å²) in [6, 6.07) is 7.65. The van der Waals surface area contributed by atoms with Gasteiger partial charge in [0.2, 0.25) is 0 Å². The van der Waals surface area contributed by atoms with Crippen LogP contribution in [0.4, 0.5) is 0 Å². The third-order valence-electron chi connectivity index (χ3n) is 3.02. The highest BCUT2D eigenvalue weighted by molar-refractivity contribution is 6.26. The quantitative estimate of drug-likeness (QED) is 0.431. The predicted octanol–water partition coefficient (Wildman–Crippen LogP) is 1.40. The molecule has 0 amide bonds. The van der Waals surface area contributed by atoms with Gasteiger partial charge in [0.1, 0.15) is 12.6 Å². The second-order valence-electron chi connectivity index (χ2n) is 4.70. The summed E-state index contributed by atoms with van der Waals surface area (Å²) in [5, 5.41) is 0. The van der Waals surface area contributed by atoms with Crippen LogP contribution in [0, 0.1) is 0 Å². The van der Waals surface area contributed by atoms with Crippen LogP contribution in [0.5, 0.6) is 0 Å². The Labute approximate surface area is 114 Å². The molecule has 1 aromatic rings. The highest BCUT2D eigenvalue weighted by Gasteiger charge is 2.31. The average molecular weight is 282 g/mol. The lowest BCUT2D eigenvalue weighted by atomic mass is 9.84. The Balaban J connectivity index is 2.96. The van der Waals surface area contributed by atoms with Gasteiger partial charge in [0.25, 0.3) is 0 Å². The monoisotopic (exact) mass is 282 g/mol. The zero-order valence-electron chi connectivity index (χ0n) is 11.6. The van der Waals surface area contributed by atoms with Crippen molar-refractivity contribution in [2.45, 2.75) is 38.6 Å². The van der Waals surface area contributed by atoms with Crippen LogP contribution in [0.25, 0.3) is 0 Å². The van der Waals surface area contributed by atoms with Gasteiger partial charge in [0, 0.05) is 11.0 Å². The summed E-state index contributed by atoms with van der Waals surface area (Å²) in [6.45, 7) is 8.47. The maximum Gasteiger partial charge on any atom is 0.161 e. The van der Waals surface area contributed by atoms with E-state index in [4.69, 9.17) is 8.85 Å². The fourth-order valence-electron chi connectivity index (χ4n) is 1.89. The summed E-state index contributed by atoms with van der Waals surface area (Å²) < 4.78 is 11.7. The van der Waals surface area contributed by atoms with E-state index in [1.54, 1.807) is 0 Å². The Morgan fingerprint density at radius 2 is 1.61 bits per heavy atom. The van der Waals surface area contributed by atoms with Crippen molar-refractivity contribution in [3.05, 3.63) is 35.4 Å². The first-order valence-electron chi connectivity index (χ1n) is 6.35. The lowest BCUT2D eigenvalue weighted by molar-refractivity contribution is -0.0433. The number of rotatable bonds is 7. The molecule has 0 N–H and O–H groups in total. The Morgan fingerprint density at radius 1 is 1.11 bits per heavy atom. The number of carbonyl (C=O) groups is 1. The molecule has 0 unspecified atom stereocenters. The number of hydrogen-bond donors (Lipinski definition) is 0. The van der Waals surface area contributed by atoms with Crippen LogP contribution in [0.15, 0.2) is 24.3 Å². The van der Waals surface area contributed by atoms with Gasteiger partial charge in [-0.2, -0.15) is 0 Å². The van der Waals surface area contributed by atoms with Crippen LogP contribution in [-0.2, 0) is 14.3 Å². The summed E-state index contributed by atoms with van der Waals surface area (Å²) in [7, 11) is -1.02. The average Bonchev–Trinajstić information content (AvgIpc) is 2.38. The SMILES string of the molecule is C[SiH2]OC(O[SiH2]C)C(C)(C)c1ccc(C=O)cc1. The molecule has 0 aliphatic carbocycles. The van der Waals surface area contributed by atoms with Crippen LogP contribution in [0.1, 0.15) is 29.8 Å². The molecule has 3 nitrogen and oxygen atoms in total. The van der Waals surface area contributed by atoms with E-state index in [9.17, 15) is 4.79 Å². The molecule has 1 rings (SSSR count). The molecule has 1 aromatic carbocycles. The molecular formula is C13H22O3Si2. The molecule has 0 saturated heterocycles.